The number of ether oxygens (including phenoxy) is 1. The van der Waals surface area contributed by atoms with Gasteiger partial charge >= 0.3 is 6.36 Å². The van der Waals surface area contributed by atoms with Gasteiger partial charge in [0.15, 0.2) is 0 Å². The quantitative estimate of drug-likeness (QED) is 0.725. The predicted octanol–water partition coefficient (Wildman–Crippen LogP) is 3.17. The van der Waals surface area contributed by atoms with Crippen LogP contribution in [0.3, 0.4) is 0 Å². The lowest BCUT2D eigenvalue weighted by atomic mass is 10.1. The molecule has 0 aliphatic rings. The molecular weight excluding hydrogens is 375 g/mol. The lowest BCUT2D eigenvalue weighted by Crippen LogP contribution is -2.33. The Morgan fingerprint density at radius 2 is 1.93 bits per heavy atom. The number of hydrogen-bond donors (Lipinski definition) is 1. The number of aromatic nitrogens is 2. The molecule has 2 heterocycles. The topological polar surface area (TPSA) is 73.2 Å². The first kappa shape index (κ1) is 19.4. The molecule has 0 unspecified atom stereocenters. The highest BCUT2D eigenvalue weighted by Gasteiger charge is 2.31. The van der Waals surface area contributed by atoms with Gasteiger partial charge in [0.1, 0.15) is 17.8 Å². The molecule has 3 aromatic rings. The first-order valence-electron chi connectivity index (χ1n) is 8.32. The summed E-state index contributed by atoms with van der Waals surface area (Å²) in [5.74, 6) is -0.759. The van der Waals surface area contributed by atoms with E-state index >= 15 is 0 Å². The molecule has 1 aromatic carbocycles. The van der Waals surface area contributed by atoms with Crippen molar-refractivity contribution in [2.24, 2.45) is 0 Å². The molecule has 0 spiro atoms. The Hall–Kier alpha value is -3.36. The van der Waals surface area contributed by atoms with Crippen LogP contribution in [0.5, 0.6) is 5.75 Å². The van der Waals surface area contributed by atoms with Crippen LogP contribution < -0.4 is 15.6 Å². The normalized spacial score (nSPS) is 12.6. The van der Waals surface area contributed by atoms with Crippen molar-refractivity contribution in [3.63, 3.8) is 0 Å². The van der Waals surface area contributed by atoms with Crippen molar-refractivity contribution in [2.45, 2.75) is 25.9 Å². The van der Waals surface area contributed by atoms with E-state index in [0.717, 1.165) is 0 Å². The average Bonchev–Trinajstić information content (AvgIpc) is 2.63. The van der Waals surface area contributed by atoms with Gasteiger partial charge in [-0.2, -0.15) is 0 Å². The van der Waals surface area contributed by atoms with Crippen molar-refractivity contribution in [3.05, 3.63) is 70.8 Å². The fourth-order valence-electron chi connectivity index (χ4n) is 2.71. The molecule has 0 radical (unpaired) electrons. The van der Waals surface area contributed by atoms with E-state index in [4.69, 9.17) is 0 Å². The molecule has 28 heavy (non-hydrogen) atoms. The third-order valence-corrected chi connectivity index (χ3v) is 4.04. The molecule has 0 fully saturated rings. The number of nitrogens with zero attached hydrogens (tertiary/aromatic N) is 2. The van der Waals surface area contributed by atoms with E-state index in [0.29, 0.717) is 10.9 Å². The number of carbonyl (C=O) groups is 1. The number of carbonyl (C=O) groups excluding carboxylic acids is 1. The second-order valence-corrected chi connectivity index (χ2v) is 6.10. The summed E-state index contributed by atoms with van der Waals surface area (Å²) in [6.45, 7) is 1.48. The maximum atomic E-state index is 12.4. The summed E-state index contributed by atoms with van der Waals surface area (Å²) >= 11 is 0. The molecule has 1 atom stereocenters. The number of alkyl halides is 3. The average molecular weight is 391 g/mol. The van der Waals surface area contributed by atoms with Crippen LogP contribution in [0, 0.1) is 0 Å². The number of halogens is 3. The second kappa shape index (κ2) is 7.71. The molecule has 0 saturated heterocycles. The second-order valence-electron chi connectivity index (χ2n) is 6.10. The molecule has 1 N–H and O–H groups in total. The smallest absolute Gasteiger partial charge is 0.406 e. The van der Waals surface area contributed by atoms with Gasteiger partial charge in [-0.1, -0.05) is 18.2 Å². The van der Waals surface area contributed by atoms with E-state index in [1.807, 2.05) is 0 Å². The summed E-state index contributed by atoms with van der Waals surface area (Å²) in [5.41, 5.74) is 0.482. The zero-order valence-corrected chi connectivity index (χ0v) is 14.7. The molecule has 9 heteroatoms. The Balaban J connectivity index is 1.66. The third-order valence-electron chi connectivity index (χ3n) is 4.04. The minimum absolute atomic E-state index is 0.203. The van der Waals surface area contributed by atoms with Gasteiger partial charge in [0.2, 0.25) is 5.91 Å². The molecule has 146 valence electrons. The predicted molar refractivity (Wildman–Crippen MR) is 95.7 cm³/mol. The molecule has 0 aliphatic carbocycles. The van der Waals surface area contributed by atoms with Crippen LogP contribution in [0.25, 0.3) is 10.9 Å². The van der Waals surface area contributed by atoms with E-state index < -0.39 is 18.3 Å². The number of fused-ring (bicyclic) bond motifs is 1. The van der Waals surface area contributed by atoms with Crippen molar-refractivity contribution < 1.29 is 22.7 Å². The van der Waals surface area contributed by atoms with Crippen LogP contribution in [-0.2, 0) is 11.3 Å². The van der Waals surface area contributed by atoms with Crippen LogP contribution >= 0.6 is 0 Å². The van der Waals surface area contributed by atoms with E-state index in [1.54, 1.807) is 25.1 Å². The Morgan fingerprint density at radius 1 is 1.21 bits per heavy atom. The first-order valence-corrected chi connectivity index (χ1v) is 8.32. The Bertz CT molecular complexity index is 1050. The Morgan fingerprint density at radius 3 is 2.61 bits per heavy atom. The van der Waals surface area contributed by atoms with Crippen molar-refractivity contribution in [1.82, 2.24) is 14.9 Å². The summed E-state index contributed by atoms with van der Waals surface area (Å²) in [5, 5.41) is 3.38. The van der Waals surface area contributed by atoms with Crippen LogP contribution in [0.2, 0.25) is 0 Å². The molecule has 0 saturated carbocycles. The van der Waals surface area contributed by atoms with E-state index in [9.17, 15) is 22.8 Å². The lowest BCUT2D eigenvalue weighted by Gasteiger charge is -2.16. The number of benzene rings is 1. The standard InChI is InChI=1S/C19H16F3N3O3/c1-12(13-4-6-15(7-5-13)28-19(20,21)22)24-16(26)11-25-10-8-14-3-2-9-23-17(14)18(25)27/h2-10,12H,11H2,1H3,(H,24,26)/t12-/m0/s1. The lowest BCUT2D eigenvalue weighted by molar-refractivity contribution is -0.274. The highest BCUT2D eigenvalue weighted by molar-refractivity contribution is 5.79. The monoisotopic (exact) mass is 391 g/mol. The zero-order chi connectivity index (χ0) is 20.3. The van der Waals surface area contributed by atoms with Crippen molar-refractivity contribution >= 4 is 16.8 Å². The number of nitrogens with one attached hydrogen (secondary N) is 1. The molecule has 1 amide bonds. The summed E-state index contributed by atoms with van der Waals surface area (Å²) < 4.78 is 41.7. The van der Waals surface area contributed by atoms with Gasteiger partial charge in [-0.3, -0.25) is 14.6 Å². The van der Waals surface area contributed by atoms with Gasteiger partial charge in [-0.05, 0) is 36.8 Å². The van der Waals surface area contributed by atoms with E-state index in [2.05, 4.69) is 15.0 Å². The minimum atomic E-state index is -4.76. The van der Waals surface area contributed by atoms with Gasteiger partial charge in [0, 0.05) is 17.8 Å². The van der Waals surface area contributed by atoms with Crippen LogP contribution in [0.1, 0.15) is 18.5 Å². The molecule has 0 aliphatic heterocycles. The molecule has 0 bridgehead atoms. The van der Waals surface area contributed by atoms with Gasteiger partial charge in [-0.15, -0.1) is 13.2 Å². The molecular formula is C19H16F3N3O3. The SMILES string of the molecule is C[C@H](NC(=O)Cn1ccc2cccnc2c1=O)c1ccc(OC(F)(F)F)cc1. The first-order chi connectivity index (χ1) is 13.2. The Kier molecular flexibility index (Phi) is 5.34. The van der Waals surface area contributed by atoms with Gasteiger partial charge < -0.3 is 14.6 Å². The zero-order valence-electron chi connectivity index (χ0n) is 14.7. The fourth-order valence-corrected chi connectivity index (χ4v) is 2.71. The highest BCUT2D eigenvalue weighted by Crippen LogP contribution is 2.24. The number of pyridine rings is 2. The highest BCUT2D eigenvalue weighted by atomic mass is 19.4. The van der Waals surface area contributed by atoms with Gasteiger partial charge in [-0.25, -0.2) is 0 Å². The largest absolute Gasteiger partial charge is 0.573 e. The third kappa shape index (κ3) is 4.67. The van der Waals surface area contributed by atoms with Crippen molar-refractivity contribution in [2.75, 3.05) is 0 Å². The van der Waals surface area contributed by atoms with Crippen molar-refractivity contribution in [1.29, 1.82) is 0 Å². The summed E-state index contributed by atoms with van der Waals surface area (Å²) in [6, 6.07) is 9.89. The van der Waals surface area contributed by atoms with Crippen LogP contribution in [0.4, 0.5) is 13.2 Å². The van der Waals surface area contributed by atoms with Gasteiger partial charge in [0.25, 0.3) is 5.56 Å². The van der Waals surface area contributed by atoms with E-state index in [-0.39, 0.29) is 23.4 Å². The number of hydrogen-bond acceptors (Lipinski definition) is 4. The molecule has 2 aromatic heterocycles. The van der Waals surface area contributed by atoms with Crippen LogP contribution in [0.15, 0.2) is 59.7 Å². The van der Waals surface area contributed by atoms with Gasteiger partial charge in [0.05, 0.1) is 6.04 Å². The molecule has 3 rings (SSSR count). The van der Waals surface area contributed by atoms with Crippen molar-refractivity contribution in [3.8, 4) is 5.75 Å². The summed E-state index contributed by atoms with van der Waals surface area (Å²) in [6.07, 6.45) is -1.74. The fraction of sp³-hybridized carbons (Fsp3) is 0.211. The van der Waals surface area contributed by atoms with E-state index in [1.165, 1.54) is 41.2 Å². The Labute approximate surface area is 157 Å². The number of rotatable bonds is 5. The maximum Gasteiger partial charge on any atom is 0.573 e. The number of amides is 1. The maximum absolute atomic E-state index is 12.4. The minimum Gasteiger partial charge on any atom is -0.406 e. The molecule has 6 nitrogen and oxygen atoms in total. The van der Waals surface area contributed by atoms with Crippen LogP contribution in [-0.4, -0.2) is 21.8 Å². The summed E-state index contributed by atoms with van der Waals surface area (Å²) in [7, 11) is 0. The summed E-state index contributed by atoms with van der Waals surface area (Å²) in [4.78, 5) is 28.7.